The number of carbonyl (C=O) groups excluding carboxylic acids is 2. The van der Waals surface area contributed by atoms with E-state index in [9.17, 15) is 9.59 Å². The van der Waals surface area contributed by atoms with Crippen molar-refractivity contribution < 1.29 is 14.7 Å². The smallest absolute Gasteiger partial charge is 0.254 e. The van der Waals surface area contributed by atoms with Crippen LogP contribution in [0, 0.1) is 0 Å². The van der Waals surface area contributed by atoms with E-state index in [0.29, 0.717) is 24.5 Å². The van der Waals surface area contributed by atoms with E-state index >= 15 is 0 Å². The second kappa shape index (κ2) is 8.50. The van der Waals surface area contributed by atoms with Gasteiger partial charge < -0.3 is 19.9 Å². The first kappa shape index (κ1) is 22.0. The van der Waals surface area contributed by atoms with Crippen molar-refractivity contribution in [3.63, 3.8) is 0 Å². The fourth-order valence-electron chi connectivity index (χ4n) is 5.44. The number of hydrogen-bond acceptors (Lipinski definition) is 3. The minimum absolute atomic E-state index is 0.0393. The molecule has 3 aromatic rings. The number of aliphatic hydroxyl groups excluding tert-OH is 1. The highest BCUT2D eigenvalue weighted by molar-refractivity contribution is 6.30. The van der Waals surface area contributed by atoms with E-state index in [0.717, 1.165) is 40.6 Å². The van der Waals surface area contributed by atoms with Crippen LogP contribution in [0.4, 0.5) is 0 Å². The number of hydrogen-bond donors (Lipinski definition) is 2. The Labute approximate surface area is 198 Å². The lowest BCUT2D eigenvalue weighted by Crippen LogP contribution is -2.67. The van der Waals surface area contributed by atoms with Crippen molar-refractivity contribution in [2.45, 2.75) is 37.6 Å². The Bertz CT molecular complexity index is 1210. The molecule has 2 N–H and O–H groups in total. The molecule has 0 aliphatic carbocycles. The third kappa shape index (κ3) is 3.52. The number of aliphatic hydroxyl groups is 1. The van der Waals surface area contributed by atoms with E-state index in [1.165, 1.54) is 0 Å². The number of piperazine rings is 1. The van der Waals surface area contributed by atoms with Gasteiger partial charge in [-0.3, -0.25) is 9.59 Å². The highest BCUT2D eigenvalue weighted by atomic mass is 35.5. The van der Waals surface area contributed by atoms with E-state index in [1.807, 2.05) is 49.4 Å². The zero-order chi connectivity index (χ0) is 23.2. The molecule has 1 fully saturated rings. The summed E-state index contributed by atoms with van der Waals surface area (Å²) < 4.78 is 0. The van der Waals surface area contributed by atoms with Gasteiger partial charge in [0, 0.05) is 41.5 Å². The van der Waals surface area contributed by atoms with Crippen LogP contribution in [0.2, 0.25) is 5.02 Å². The van der Waals surface area contributed by atoms with Crippen LogP contribution in [0.3, 0.4) is 0 Å². The van der Waals surface area contributed by atoms with Crippen LogP contribution in [0.15, 0.2) is 48.5 Å². The summed E-state index contributed by atoms with van der Waals surface area (Å²) in [7, 11) is 0. The number of halogens is 1. The van der Waals surface area contributed by atoms with Crippen LogP contribution < -0.4 is 0 Å². The van der Waals surface area contributed by atoms with Crippen LogP contribution in [-0.2, 0) is 15.1 Å². The van der Waals surface area contributed by atoms with Gasteiger partial charge in [0.25, 0.3) is 5.91 Å². The van der Waals surface area contributed by atoms with Crippen LogP contribution >= 0.6 is 11.6 Å². The number of aromatic nitrogens is 1. The predicted molar refractivity (Wildman–Crippen MR) is 128 cm³/mol. The van der Waals surface area contributed by atoms with Crippen LogP contribution in [0.5, 0.6) is 0 Å². The van der Waals surface area contributed by atoms with Gasteiger partial charge in [-0.1, -0.05) is 41.9 Å². The first-order valence-corrected chi connectivity index (χ1v) is 11.9. The maximum absolute atomic E-state index is 13.9. The number of carbonyl (C=O) groups is 2. The zero-order valence-electron chi connectivity index (χ0n) is 18.7. The average molecular weight is 466 g/mol. The van der Waals surface area contributed by atoms with Crippen molar-refractivity contribution in [2.24, 2.45) is 0 Å². The topological polar surface area (TPSA) is 76.6 Å². The fraction of sp³-hybridized carbons (Fsp3) is 0.385. The number of unbranched alkanes of at least 4 members (excludes halogenated alkanes) is 2. The minimum Gasteiger partial charge on any atom is -0.396 e. The van der Waals surface area contributed by atoms with Crippen LogP contribution in [0.1, 0.15) is 48.9 Å². The molecule has 3 heterocycles. The SMILES string of the molecule is C[C@]12C(=O)N(CCCCCO)CC(=O)N1C[C@@H](c1ccc(Cl)cc1)c1c2[nH]c2ccccc12. The van der Waals surface area contributed by atoms with Gasteiger partial charge in [0.05, 0.1) is 12.2 Å². The monoisotopic (exact) mass is 465 g/mol. The molecule has 7 heteroatoms. The molecular formula is C26H28ClN3O3. The number of amides is 2. The Hall–Kier alpha value is -2.83. The molecule has 2 amide bonds. The van der Waals surface area contributed by atoms with Crippen LogP contribution in [-0.4, -0.2) is 57.9 Å². The van der Waals surface area contributed by atoms with Gasteiger partial charge in [-0.15, -0.1) is 0 Å². The first-order valence-electron chi connectivity index (χ1n) is 11.5. The van der Waals surface area contributed by atoms with E-state index < -0.39 is 5.54 Å². The maximum atomic E-state index is 13.9. The molecule has 2 aromatic carbocycles. The summed E-state index contributed by atoms with van der Waals surface area (Å²) >= 11 is 6.14. The van der Waals surface area contributed by atoms with Crippen molar-refractivity contribution in [2.75, 3.05) is 26.2 Å². The molecule has 6 nitrogen and oxygen atoms in total. The standard InChI is InChI=1S/C26H28ClN3O3/c1-26-24-23(19-7-3-4-8-21(19)28-24)20(17-9-11-18(27)12-10-17)15-30(26)22(32)16-29(25(26)33)13-5-2-6-14-31/h3-4,7-12,20,28,31H,2,5-6,13-16H2,1H3/t20-,26-/m0/s1. The van der Waals surface area contributed by atoms with E-state index in [1.54, 1.807) is 9.80 Å². The molecule has 2 atom stereocenters. The molecule has 2 aliphatic heterocycles. The van der Waals surface area contributed by atoms with E-state index in [2.05, 4.69) is 11.1 Å². The number of nitrogens with zero attached hydrogens (tertiary/aromatic N) is 2. The molecule has 0 unspecified atom stereocenters. The summed E-state index contributed by atoms with van der Waals surface area (Å²) in [5.74, 6) is -0.148. The second-order valence-electron chi connectivity index (χ2n) is 9.15. The zero-order valence-corrected chi connectivity index (χ0v) is 19.4. The Morgan fingerprint density at radius 3 is 2.61 bits per heavy atom. The average Bonchev–Trinajstić information content (AvgIpc) is 3.21. The lowest BCUT2D eigenvalue weighted by atomic mass is 9.76. The summed E-state index contributed by atoms with van der Waals surface area (Å²) in [6.45, 7) is 3.07. The molecule has 1 aromatic heterocycles. The second-order valence-corrected chi connectivity index (χ2v) is 9.59. The highest BCUT2D eigenvalue weighted by Crippen LogP contribution is 2.48. The van der Waals surface area contributed by atoms with Crippen molar-refractivity contribution in [3.8, 4) is 0 Å². The first-order chi connectivity index (χ1) is 15.9. The molecule has 5 rings (SSSR count). The molecule has 33 heavy (non-hydrogen) atoms. The van der Waals surface area contributed by atoms with Crippen molar-refractivity contribution in [1.82, 2.24) is 14.8 Å². The number of aromatic amines is 1. The Balaban J connectivity index is 1.62. The predicted octanol–water partition coefficient (Wildman–Crippen LogP) is 4.02. The van der Waals surface area contributed by atoms with E-state index in [4.69, 9.17) is 16.7 Å². The normalized spacial score (nSPS) is 22.6. The van der Waals surface area contributed by atoms with Gasteiger partial charge in [0.1, 0.15) is 0 Å². The maximum Gasteiger partial charge on any atom is 0.254 e. The van der Waals surface area contributed by atoms with Crippen molar-refractivity contribution in [1.29, 1.82) is 0 Å². The summed E-state index contributed by atoms with van der Waals surface area (Å²) in [4.78, 5) is 34.2. The largest absolute Gasteiger partial charge is 0.396 e. The number of fused-ring (bicyclic) bond motifs is 5. The van der Waals surface area contributed by atoms with Gasteiger partial charge in [0.15, 0.2) is 5.54 Å². The summed E-state index contributed by atoms with van der Waals surface area (Å²) in [6.07, 6.45) is 2.29. The molecule has 0 radical (unpaired) electrons. The van der Waals surface area contributed by atoms with E-state index in [-0.39, 0.29) is 30.9 Å². The molecule has 0 saturated carbocycles. The summed E-state index contributed by atoms with van der Waals surface area (Å²) in [5.41, 5.74) is 2.83. The third-order valence-electron chi connectivity index (χ3n) is 7.18. The Morgan fingerprint density at radius 2 is 1.85 bits per heavy atom. The van der Waals surface area contributed by atoms with Gasteiger partial charge in [0.2, 0.25) is 5.91 Å². The number of rotatable bonds is 6. The number of nitrogens with one attached hydrogen (secondary N) is 1. The van der Waals surface area contributed by atoms with Crippen molar-refractivity contribution in [3.05, 3.63) is 70.4 Å². The lowest BCUT2D eigenvalue weighted by Gasteiger charge is -2.51. The van der Waals surface area contributed by atoms with Crippen LogP contribution in [0.25, 0.3) is 10.9 Å². The minimum atomic E-state index is -1.08. The fourth-order valence-corrected chi connectivity index (χ4v) is 5.57. The highest BCUT2D eigenvalue weighted by Gasteiger charge is 2.56. The summed E-state index contributed by atoms with van der Waals surface area (Å²) in [6, 6.07) is 15.8. The molecular weight excluding hydrogens is 438 g/mol. The van der Waals surface area contributed by atoms with Gasteiger partial charge >= 0.3 is 0 Å². The molecule has 0 bridgehead atoms. The van der Waals surface area contributed by atoms with Gasteiger partial charge in [-0.05, 0) is 55.5 Å². The number of H-pyrrole nitrogens is 1. The lowest BCUT2D eigenvalue weighted by molar-refractivity contribution is -0.166. The molecule has 2 aliphatic rings. The summed E-state index contributed by atoms with van der Waals surface area (Å²) in [5, 5.41) is 10.8. The number of para-hydroxylation sites is 1. The Morgan fingerprint density at radius 1 is 1.09 bits per heavy atom. The molecule has 0 spiro atoms. The quantitative estimate of drug-likeness (QED) is 0.540. The molecule has 172 valence electrons. The Kier molecular flexibility index (Phi) is 5.67. The van der Waals surface area contributed by atoms with Gasteiger partial charge in [-0.2, -0.15) is 0 Å². The third-order valence-corrected chi connectivity index (χ3v) is 7.43. The number of benzene rings is 2. The van der Waals surface area contributed by atoms with Crippen molar-refractivity contribution >= 4 is 34.3 Å². The molecule has 1 saturated heterocycles. The van der Waals surface area contributed by atoms with Gasteiger partial charge in [-0.25, -0.2) is 0 Å².